The summed E-state index contributed by atoms with van der Waals surface area (Å²) in [6.07, 6.45) is 1.48. The summed E-state index contributed by atoms with van der Waals surface area (Å²) < 4.78 is 11.9. The summed E-state index contributed by atoms with van der Waals surface area (Å²) in [5, 5.41) is 0. The van der Waals surface area contributed by atoms with Crippen LogP contribution in [0.5, 0.6) is 5.75 Å². The lowest BCUT2D eigenvalue weighted by molar-refractivity contribution is -0.131. The van der Waals surface area contributed by atoms with Gasteiger partial charge in [0.25, 0.3) is 5.56 Å². The molecule has 0 saturated carbocycles. The molecule has 0 aliphatic carbocycles. The number of rotatable bonds is 3. The molecule has 2 aromatic rings. The van der Waals surface area contributed by atoms with E-state index in [0.717, 1.165) is 0 Å². The fraction of sp³-hybridized carbons (Fsp3) is 0.286. The van der Waals surface area contributed by atoms with Crippen LogP contribution in [0.3, 0.4) is 0 Å². The van der Waals surface area contributed by atoms with Gasteiger partial charge in [-0.2, -0.15) is 0 Å². The fourth-order valence-corrected chi connectivity index (χ4v) is 2.30. The van der Waals surface area contributed by atoms with Crippen LogP contribution in [0.4, 0.5) is 0 Å². The second-order valence-electron chi connectivity index (χ2n) is 4.40. The maximum Gasteiger partial charge on any atom is 0.347 e. The van der Waals surface area contributed by atoms with Gasteiger partial charge in [-0.15, -0.1) is 0 Å². The molecule has 0 amide bonds. The largest absolute Gasteiger partial charge is 0.462 e. The molecule has 0 aromatic carbocycles. The summed E-state index contributed by atoms with van der Waals surface area (Å²) in [5.74, 6) is -1.70. The van der Waals surface area contributed by atoms with Crippen LogP contribution >= 0.6 is 15.9 Å². The number of hydrogen-bond acceptors (Lipinski definition) is 6. The maximum absolute atomic E-state index is 12.4. The molecule has 0 fully saturated rings. The number of hydrogen-bond donors (Lipinski definition) is 0. The van der Waals surface area contributed by atoms with Crippen LogP contribution in [0.25, 0.3) is 11.0 Å². The van der Waals surface area contributed by atoms with E-state index in [2.05, 4.69) is 20.9 Å². The highest BCUT2D eigenvalue weighted by Gasteiger charge is 2.25. The first-order valence-corrected chi connectivity index (χ1v) is 7.19. The van der Waals surface area contributed by atoms with Crippen molar-refractivity contribution in [2.24, 2.45) is 7.05 Å². The molecule has 0 radical (unpaired) electrons. The Hall–Kier alpha value is -2.22. The van der Waals surface area contributed by atoms with Crippen LogP contribution in [0.1, 0.15) is 24.2 Å². The van der Waals surface area contributed by atoms with E-state index in [1.807, 2.05) is 0 Å². The first-order chi connectivity index (χ1) is 10.4. The van der Waals surface area contributed by atoms with Crippen LogP contribution in [0, 0.1) is 0 Å². The van der Waals surface area contributed by atoms with E-state index in [1.54, 1.807) is 13.0 Å². The molecule has 2 aromatic heterocycles. The monoisotopic (exact) mass is 368 g/mol. The van der Waals surface area contributed by atoms with E-state index in [4.69, 9.17) is 9.47 Å². The third kappa shape index (κ3) is 2.87. The second kappa shape index (κ2) is 6.27. The molecule has 0 unspecified atom stereocenters. The smallest absolute Gasteiger partial charge is 0.347 e. The van der Waals surface area contributed by atoms with Gasteiger partial charge in [-0.1, -0.05) is 0 Å². The van der Waals surface area contributed by atoms with Gasteiger partial charge in [0.1, 0.15) is 5.52 Å². The van der Waals surface area contributed by atoms with Crippen LogP contribution < -0.4 is 10.3 Å². The number of aromatic nitrogens is 2. The zero-order chi connectivity index (χ0) is 16.4. The Balaban J connectivity index is 2.90. The molecule has 8 heteroatoms. The van der Waals surface area contributed by atoms with Crippen molar-refractivity contribution < 1.29 is 19.1 Å². The third-order valence-corrected chi connectivity index (χ3v) is 3.32. The van der Waals surface area contributed by atoms with Gasteiger partial charge in [0.2, 0.25) is 0 Å². The van der Waals surface area contributed by atoms with Crippen LogP contribution in [-0.4, -0.2) is 28.1 Å². The van der Waals surface area contributed by atoms with Gasteiger partial charge < -0.3 is 14.0 Å². The number of carbonyl (C=O) groups excluding carboxylic acids is 2. The molecule has 0 atom stereocenters. The number of fused-ring (bicyclic) bond motifs is 1. The van der Waals surface area contributed by atoms with Gasteiger partial charge in [0.15, 0.2) is 11.3 Å². The SMILES string of the molecule is CCOC(=O)c1c(OC(C)=O)c2ncc(Br)cc2n(C)c1=O. The predicted octanol–water partition coefficient (Wildman–Crippen LogP) is 1.80. The van der Waals surface area contributed by atoms with E-state index in [1.165, 1.54) is 24.7 Å². The van der Waals surface area contributed by atoms with E-state index in [9.17, 15) is 14.4 Å². The highest BCUT2D eigenvalue weighted by Crippen LogP contribution is 2.28. The van der Waals surface area contributed by atoms with Gasteiger partial charge in [0.05, 0.1) is 12.1 Å². The number of halogens is 1. The van der Waals surface area contributed by atoms with Crippen molar-refractivity contribution >= 4 is 38.9 Å². The summed E-state index contributed by atoms with van der Waals surface area (Å²) in [7, 11) is 1.50. The lowest BCUT2D eigenvalue weighted by Crippen LogP contribution is -2.28. The fourth-order valence-electron chi connectivity index (χ4n) is 1.98. The Bertz CT molecular complexity index is 828. The molecule has 0 spiro atoms. The Morgan fingerprint density at radius 2 is 2.09 bits per heavy atom. The molecule has 0 aliphatic rings. The minimum absolute atomic E-state index is 0.0906. The zero-order valence-corrected chi connectivity index (χ0v) is 13.8. The van der Waals surface area contributed by atoms with E-state index >= 15 is 0 Å². The Kier molecular flexibility index (Phi) is 4.60. The number of nitrogens with zero attached hydrogens (tertiary/aromatic N) is 2. The lowest BCUT2D eigenvalue weighted by atomic mass is 10.2. The molecule has 0 N–H and O–H groups in total. The molecule has 2 heterocycles. The second-order valence-corrected chi connectivity index (χ2v) is 5.32. The summed E-state index contributed by atoms with van der Waals surface area (Å²) in [5.41, 5.74) is -0.323. The van der Waals surface area contributed by atoms with E-state index in [-0.39, 0.29) is 23.4 Å². The first kappa shape index (κ1) is 16.2. The zero-order valence-electron chi connectivity index (χ0n) is 12.2. The van der Waals surface area contributed by atoms with Crippen molar-refractivity contribution in [3.05, 3.63) is 32.7 Å². The summed E-state index contributed by atoms with van der Waals surface area (Å²) in [4.78, 5) is 40.0. The first-order valence-electron chi connectivity index (χ1n) is 6.40. The molecule has 116 valence electrons. The summed E-state index contributed by atoms with van der Waals surface area (Å²) in [6, 6.07) is 1.64. The topological polar surface area (TPSA) is 87.5 Å². The van der Waals surface area contributed by atoms with Gasteiger partial charge in [-0.3, -0.25) is 9.59 Å². The molecule has 2 rings (SSSR count). The van der Waals surface area contributed by atoms with Crippen molar-refractivity contribution in [2.75, 3.05) is 6.61 Å². The Labute approximate surface area is 134 Å². The Morgan fingerprint density at radius 3 is 2.68 bits per heavy atom. The van der Waals surface area contributed by atoms with Crippen molar-refractivity contribution in [1.82, 2.24) is 9.55 Å². The van der Waals surface area contributed by atoms with Gasteiger partial charge >= 0.3 is 11.9 Å². The van der Waals surface area contributed by atoms with Crippen LogP contribution in [-0.2, 0) is 16.6 Å². The van der Waals surface area contributed by atoms with Crippen molar-refractivity contribution in [3.63, 3.8) is 0 Å². The van der Waals surface area contributed by atoms with Crippen molar-refractivity contribution in [2.45, 2.75) is 13.8 Å². The number of pyridine rings is 2. The molecule has 22 heavy (non-hydrogen) atoms. The van der Waals surface area contributed by atoms with Crippen LogP contribution in [0.15, 0.2) is 21.5 Å². The third-order valence-electron chi connectivity index (χ3n) is 2.88. The highest BCUT2D eigenvalue weighted by atomic mass is 79.9. The number of aryl methyl sites for hydroxylation is 1. The number of esters is 2. The molecule has 0 aliphatic heterocycles. The van der Waals surface area contributed by atoms with Gasteiger partial charge in [-0.05, 0) is 28.9 Å². The standard InChI is InChI=1S/C14H13BrN2O5/c1-4-21-14(20)10-12(22-7(2)18)11-9(17(3)13(10)19)5-8(15)6-16-11/h5-6H,4H2,1-3H3. The van der Waals surface area contributed by atoms with E-state index in [0.29, 0.717) is 9.99 Å². The normalized spacial score (nSPS) is 10.5. The molecule has 7 nitrogen and oxygen atoms in total. The molecule has 0 bridgehead atoms. The maximum atomic E-state index is 12.4. The van der Waals surface area contributed by atoms with Crippen molar-refractivity contribution in [1.29, 1.82) is 0 Å². The average Bonchev–Trinajstić information content (AvgIpc) is 2.44. The average molecular weight is 369 g/mol. The summed E-state index contributed by atoms with van der Waals surface area (Å²) >= 11 is 3.26. The molecular weight excluding hydrogens is 356 g/mol. The number of ether oxygens (including phenoxy) is 2. The lowest BCUT2D eigenvalue weighted by Gasteiger charge is -2.13. The summed E-state index contributed by atoms with van der Waals surface area (Å²) in [6.45, 7) is 2.88. The molecular formula is C14H13BrN2O5. The van der Waals surface area contributed by atoms with E-state index < -0.39 is 17.5 Å². The predicted molar refractivity (Wildman–Crippen MR) is 81.9 cm³/mol. The Morgan fingerprint density at radius 1 is 1.41 bits per heavy atom. The van der Waals surface area contributed by atoms with Crippen LogP contribution in [0.2, 0.25) is 0 Å². The highest BCUT2D eigenvalue weighted by molar-refractivity contribution is 9.10. The van der Waals surface area contributed by atoms with Gasteiger partial charge in [0, 0.05) is 24.6 Å². The minimum atomic E-state index is -0.856. The van der Waals surface area contributed by atoms with Gasteiger partial charge in [-0.25, -0.2) is 9.78 Å². The number of carbonyl (C=O) groups is 2. The quantitative estimate of drug-likeness (QED) is 0.767. The minimum Gasteiger partial charge on any atom is -0.462 e. The van der Waals surface area contributed by atoms with Crippen molar-refractivity contribution in [3.8, 4) is 5.75 Å². The molecule has 0 saturated heterocycles.